The van der Waals surface area contributed by atoms with Gasteiger partial charge in [0.05, 0.1) is 32.8 Å². The molecule has 2 aromatic carbocycles. The summed E-state index contributed by atoms with van der Waals surface area (Å²) >= 11 is 0. The molecule has 5 heteroatoms. The number of hydrogen-bond donors (Lipinski definition) is 1. The van der Waals surface area contributed by atoms with E-state index >= 15 is 0 Å². The molecule has 1 saturated heterocycles. The zero-order chi connectivity index (χ0) is 27.8. The zero-order valence-electron chi connectivity index (χ0n) is 25.0. The van der Waals surface area contributed by atoms with E-state index in [2.05, 4.69) is 57.3 Å². The van der Waals surface area contributed by atoms with Gasteiger partial charge in [0.2, 0.25) is 0 Å². The number of phenolic OH excluding ortho intramolecular Hbond substituents is 1. The van der Waals surface area contributed by atoms with Crippen molar-refractivity contribution in [2.45, 2.75) is 95.0 Å². The predicted octanol–water partition coefficient (Wildman–Crippen LogP) is 6.39. The van der Waals surface area contributed by atoms with Crippen LogP contribution in [0.25, 0.3) is 0 Å². The fourth-order valence-electron chi connectivity index (χ4n) is 10.3. The molecule has 1 spiro atoms. The Morgan fingerprint density at radius 3 is 2.62 bits per heavy atom. The van der Waals surface area contributed by atoms with Gasteiger partial charge < -0.3 is 23.8 Å². The molecule has 0 aromatic heterocycles. The molecule has 2 heterocycles. The van der Waals surface area contributed by atoms with Crippen molar-refractivity contribution < 1.29 is 23.8 Å². The Bertz CT molecular complexity index is 1260. The first-order chi connectivity index (χ1) is 19.3. The van der Waals surface area contributed by atoms with Crippen molar-refractivity contribution in [1.29, 1.82) is 0 Å². The molecule has 216 valence electrons. The van der Waals surface area contributed by atoms with Gasteiger partial charge in [-0.25, -0.2) is 0 Å². The van der Waals surface area contributed by atoms with Crippen molar-refractivity contribution >= 4 is 0 Å². The van der Waals surface area contributed by atoms with Crippen LogP contribution in [0, 0.1) is 17.3 Å². The van der Waals surface area contributed by atoms with Gasteiger partial charge in [-0.15, -0.1) is 0 Å². The van der Waals surface area contributed by atoms with E-state index < -0.39 is 5.60 Å². The molecule has 3 bridgehead atoms. The lowest BCUT2D eigenvalue weighted by molar-refractivity contribution is -0.951. The van der Waals surface area contributed by atoms with Crippen molar-refractivity contribution in [3.63, 3.8) is 0 Å². The summed E-state index contributed by atoms with van der Waals surface area (Å²) in [7, 11) is 4.46. The normalized spacial score (nSPS) is 39.4. The van der Waals surface area contributed by atoms with Gasteiger partial charge >= 0.3 is 0 Å². The summed E-state index contributed by atoms with van der Waals surface area (Å²) in [6, 6.07) is 15.1. The lowest BCUT2D eigenvalue weighted by Gasteiger charge is -2.66. The topological polar surface area (TPSA) is 47.9 Å². The Hall–Kier alpha value is -2.08. The fraction of sp³-hybridized carbons (Fsp3) is 0.657. The van der Waals surface area contributed by atoms with Gasteiger partial charge in [-0.2, -0.15) is 0 Å². The van der Waals surface area contributed by atoms with Crippen LogP contribution in [0.1, 0.15) is 75.5 Å². The van der Waals surface area contributed by atoms with Crippen LogP contribution < -0.4 is 4.74 Å². The van der Waals surface area contributed by atoms with Crippen molar-refractivity contribution in [3.8, 4) is 11.5 Å². The minimum absolute atomic E-state index is 0.00213. The maximum Gasteiger partial charge on any atom is 0.165 e. The number of aromatic hydroxyl groups is 1. The van der Waals surface area contributed by atoms with Gasteiger partial charge in [-0.05, 0) is 61.6 Å². The summed E-state index contributed by atoms with van der Waals surface area (Å²) in [6.07, 6.45) is 8.88. The Morgan fingerprint density at radius 1 is 1.10 bits per heavy atom. The van der Waals surface area contributed by atoms with Gasteiger partial charge in [0, 0.05) is 48.9 Å². The Kier molecular flexibility index (Phi) is 6.34. The minimum atomic E-state index is -0.418. The number of fused-ring (bicyclic) bond motifs is 1. The average molecular weight is 547 g/mol. The number of hydrogen-bond acceptors (Lipinski definition) is 4. The first kappa shape index (κ1) is 26.8. The molecule has 7 unspecified atom stereocenters. The van der Waals surface area contributed by atoms with E-state index in [-0.39, 0.29) is 16.9 Å². The van der Waals surface area contributed by atoms with Crippen LogP contribution >= 0.6 is 0 Å². The quantitative estimate of drug-likeness (QED) is 0.292. The van der Waals surface area contributed by atoms with Gasteiger partial charge in [0.25, 0.3) is 0 Å². The number of piperidine rings is 1. The first-order valence-electron chi connectivity index (χ1n) is 15.8. The number of quaternary nitrogens is 1. The zero-order valence-corrected chi connectivity index (χ0v) is 25.0. The number of likely N-dealkylation sites (N-methyl/N-ethyl adjacent to an activating group) is 1. The van der Waals surface area contributed by atoms with Crippen LogP contribution in [0.15, 0.2) is 42.5 Å². The van der Waals surface area contributed by atoms with E-state index in [4.69, 9.17) is 14.2 Å². The second-order valence-electron chi connectivity index (χ2n) is 14.3. The van der Waals surface area contributed by atoms with E-state index in [1.54, 1.807) is 0 Å². The molecule has 0 radical (unpaired) electrons. The number of nitrogens with zero attached hydrogens (tertiary/aromatic N) is 1. The van der Waals surface area contributed by atoms with Gasteiger partial charge in [-0.3, -0.25) is 0 Å². The summed E-state index contributed by atoms with van der Waals surface area (Å²) in [4.78, 5) is 0. The summed E-state index contributed by atoms with van der Waals surface area (Å²) in [6.45, 7) is 8.77. The fourth-order valence-corrected chi connectivity index (χ4v) is 10.3. The number of benzene rings is 2. The smallest absolute Gasteiger partial charge is 0.165 e. The van der Waals surface area contributed by atoms with Gasteiger partial charge in [0.15, 0.2) is 11.5 Å². The second-order valence-corrected chi connectivity index (χ2v) is 14.3. The third kappa shape index (κ3) is 3.76. The van der Waals surface area contributed by atoms with Crippen LogP contribution in [0.3, 0.4) is 0 Å². The molecule has 7 rings (SSSR count). The highest BCUT2D eigenvalue weighted by atomic mass is 16.6. The highest BCUT2D eigenvalue weighted by molar-refractivity contribution is 5.59. The Labute approximate surface area is 240 Å². The molecule has 2 saturated carbocycles. The Morgan fingerprint density at radius 2 is 1.90 bits per heavy atom. The molecule has 5 nitrogen and oxygen atoms in total. The maximum atomic E-state index is 11.2. The second kappa shape index (κ2) is 9.47. The van der Waals surface area contributed by atoms with E-state index in [1.807, 2.05) is 13.2 Å². The van der Waals surface area contributed by atoms with E-state index in [0.29, 0.717) is 30.9 Å². The molecular weight excluding hydrogens is 498 g/mol. The molecule has 3 aliphatic carbocycles. The number of phenols is 1. The van der Waals surface area contributed by atoms with E-state index in [9.17, 15) is 5.11 Å². The van der Waals surface area contributed by atoms with Crippen molar-refractivity contribution in [2.75, 3.05) is 33.9 Å². The van der Waals surface area contributed by atoms with Gasteiger partial charge in [0.1, 0.15) is 11.7 Å². The molecular formula is C35H48NO4+. The van der Waals surface area contributed by atoms with Crippen LogP contribution in [0.5, 0.6) is 11.5 Å². The molecule has 1 N–H and O–H groups in total. The third-order valence-corrected chi connectivity index (χ3v) is 12.5. The lowest BCUT2D eigenvalue weighted by atomic mass is 9.46. The highest BCUT2D eigenvalue weighted by Gasteiger charge is 2.72. The van der Waals surface area contributed by atoms with Crippen LogP contribution in [0.2, 0.25) is 0 Å². The van der Waals surface area contributed by atoms with Crippen molar-refractivity contribution in [1.82, 2.24) is 0 Å². The standard InChI is InChI=1S/C35H47NO4/c1-5-35(38-4)27(15-18-39-23-25-9-7-6-8-10-25)20-33(2)29-19-26-13-14-28(37)32-31(26)34(33,21-30(35)40-32)16-17-36(29,3)22-24-11-12-24/h6-10,13-14,24,27,29-30H,5,11-12,15-23H2,1-4H3/p+1. The summed E-state index contributed by atoms with van der Waals surface area (Å²) in [5, 5.41) is 11.2. The Balaban J connectivity index is 1.30. The van der Waals surface area contributed by atoms with Crippen molar-refractivity contribution in [2.24, 2.45) is 17.3 Å². The molecule has 7 atom stereocenters. The highest BCUT2D eigenvalue weighted by Crippen LogP contribution is 2.70. The monoisotopic (exact) mass is 546 g/mol. The molecule has 2 aromatic rings. The summed E-state index contributed by atoms with van der Waals surface area (Å²) in [5.74, 6) is 2.26. The molecule has 5 aliphatic rings. The molecule has 3 fully saturated rings. The number of likely N-dealkylation sites (tertiary alicyclic amines) is 1. The van der Waals surface area contributed by atoms with E-state index in [0.717, 1.165) is 50.2 Å². The summed E-state index contributed by atoms with van der Waals surface area (Å²) < 4.78 is 21.0. The number of rotatable bonds is 9. The SMILES string of the molecule is CCC1(OC)C(CCOCc2ccccc2)CC2(C)C3Cc4ccc(O)c5c4C2(CC[N+]3(C)CC2CC2)CC1O5. The maximum absolute atomic E-state index is 11.2. The average Bonchev–Trinajstić information content (AvgIpc) is 3.78. The predicted molar refractivity (Wildman–Crippen MR) is 157 cm³/mol. The summed E-state index contributed by atoms with van der Waals surface area (Å²) in [5.41, 5.74) is 3.64. The third-order valence-electron chi connectivity index (χ3n) is 12.5. The number of methoxy groups -OCH3 is 1. The number of ether oxygens (including phenoxy) is 3. The van der Waals surface area contributed by atoms with Crippen molar-refractivity contribution in [3.05, 3.63) is 59.2 Å². The molecule has 40 heavy (non-hydrogen) atoms. The van der Waals surface area contributed by atoms with Gasteiger partial charge in [-0.1, -0.05) is 50.2 Å². The largest absolute Gasteiger partial charge is 0.504 e. The first-order valence-corrected chi connectivity index (χ1v) is 15.8. The molecule has 2 aliphatic heterocycles. The lowest BCUT2D eigenvalue weighted by Crippen LogP contribution is -2.73. The van der Waals surface area contributed by atoms with E-state index in [1.165, 1.54) is 47.1 Å². The van der Waals surface area contributed by atoms with Crippen LogP contribution in [-0.2, 0) is 27.9 Å². The molecule has 0 amide bonds. The van der Waals surface area contributed by atoms with Crippen LogP contribution in [-0.4, -0.2) is 61.2 Å². The van der Waals surface area contributed by atoms with Crippen LogP contribution in [0.4, 0.5) is 0 Å². The minimum Gasteiger partial charge on any atom is -0.504 e.